The van der Waals surface area contributed by atoms with Crippen LogP contribution in [0.25, 0.3) is 0 Å². The average Bonchev–Trinajstić information content (AvgIpc) is 2.28. The Kier molecular flexibility index (Phi) is 5.17. The van der Waals surface area contributed by atoms with Crippen molar-refractivity contribution in [2.45, 2.75) is 26.4 Å². The lowest BCUT2D eigenvalue weighted by molar-refractivity contribution is -0.136. The van der Waals surface area contributed by atoms with Crippen LogP contribution in [0.3, 0.4) is 0 Å². The van der Waals surface area contributed by atoms with E-state index >= 15 is 0 Å². The van der Waals surface area contributed by atoms with Crippen molar-refractivity contribution in [3.8, 4) is 5.75 Å². The molecule has 0 saturated carbocycles. The van der Waals surface area contributed by atoms with E-state index in [9.17, 15) is 9.59 Å². The zero-order valence-corrected chi connectivity index (χ0v) is 10.5. The molecule has 0 unspecified atom stereocenters. The summed E-state index contributed by atoms with van der Waals surface area (Å²) >= 11 is 0. The van der Waals surface area contributed by atoms with Crippen molar-refractivity contribution in [1.82, 2.24) is 5.32 Å². The van der Waals surface area contributed by atoms with E-state index in [1.807, 2.05) is 13.8 Å². The van der Waals surface area contributed by atoms with Crippen molar-refractivity contribution in [3.05, 3.63) is 29.8 Å². The van der Waals surface area contributed by atoms with Gasteiger partial charge in [-0.2, -0.15) is 0 Å². The quantitative estimate of drug-likeness (QED) is 0.806. The third-order valence-electron chi connectivity index (χ3n) is 2.11. The molecule has 0 aromatic heterocycles. The summed E-state index contributed by atoms with van der Waals surface area (Å²) in [5.74, 6) is -0.518. The molecule has 1 rings (SSSR count). The van der Waals surface area contributed by atoms with Crippen molar-refractivity contribution in [1.29, 1.82) is 0 Å². The Hall–Kier alpha value is -2.04. The molecule has 0 spiro atoms. The Labute approximate surface area is 106 Å². The lowest BCUT2D eigenvalue weighted by Gasteiger charge is -2.10. The summed E-state index contributed by atoms with van der Waals surface area (Å²) in [6.45, 7) is 3.97. The molecule has 0 radical (unpaired) electrons. The van der Waals surface area contributed by atoms with Gasteiger partial charge >= 0.3 is 5.97 Å². The number of hydrogen-bond donors (Lipinski definition) is 2. The fourth-order valence-corrected chi connectivity index (χ4v) is 1.34. The first-order valence-electron chi connectivity index (χ1n) is 5.75. The van der Waals surface area contributed by atoms with Crippen LogP contribution in [0.5, 0.6) is 5.75 Å². The van der Waals surface area contributed by atoms with Crippen molar-refractivity contribution in [2.24, 2.45) is 0 Å². The van der Waals surface area contributed by atoms with Crippen molar-refractivity contribution >= 4 is 11.9 Å². The Bertz CT molecular complexity index is 412. The van der Waals surface area contributed by atoms with Crippen LogP contribution in [0.15, 0.2) is 24.3 Å². The number of carboxylic acids is 1. The van der Waals surface area contributed by atoms with Crippen LogP contribution in [-0.2, 0) is 4.79 Å². The fraction of sp³-hybridized carbons (Fsp3) is 0.385. The average molecular weight is 251 g/mol. The molecular weight excluding hydrogens is 234 g/mol. The molecule has 0 saturated heterocycles. The maximum absolute atomic E-state index is 11.6. The maximum Gasteiger partial charge on any atom is 0.305 e. The zero-order chi connectivity index (χ0) is 13.5. The van der Waals surface area contributed by atoms with E-state index in [1.54, 1.807) is 24.3 Å². The van der Waals surface area contributed by atoms with Crippen LogP contribution < -0.4 is 10.1 Å². The van der Waals surface area contributed by atoms with Crippen LogP contribution in [0.2, 0.25) is 0 Å². The molecule has 1 amide bonds. The highest BCUT2D eigenvalue weighted by Crippen LogP contribution is 2.13. The number of carbonyl (C=O) groups excluding carboxylic acids is 1. The molecule has 2 N–H and O–H groups in total. The topological polar surface area (TPSA) is 75.6 Å². The molecule has 0 atom stereocenters. The molecule has 5 heteroatoms. The van der Waals surface area contributed by atoms with E-state index in [4.69, 9.17) is 9.84 Å². The van der Waals surface area contributed by atoms with Gasteiger partial charge in [0.25, 0.3) is 5.91 Å². The molecule has 0 aliphatic heterocycles. The van der Waals surface area contributed by atoms with Gasteiger partial charge in [-0.3, -0.25) is 9.59 Å². The number of ether oxygens (including phenoxy) is 1. The molecule has 0 bridgehead atoms. The number of amides is 1. The number of rotatable bonds is 6. The molecule has 5 nitrogen and oxygen atoms in total. The SMILES string of the molecule is CC(C)Oc1ccc(C(=O)NCCC(=O)O)cc1. The highest BCUT2D eigenvalue weighted by Gasteiger charge is 2.06. The number of aliphatic carboxylic acids is 1. The fourth-order valence-electron chi connectivity index (χ4n) is 1.34. The normalized spacial score (nSPS) is 10.2. The van der Waals surface area contributed by atoms with E-state index in [-0.39, 0.29) is 25.0 Å². The maximum atomic E-state index is 11.6. The van der Waals surface area contributed by atoms with E-state index in [1.165, 1.54) is 0 Å². The van der Waals surface area contributed by atoms with Crippen molar-refractivity contribution in [2.75, 3.05) is 6.54 Å². The monoisotopic (exact) mass is 251 g/mol. The minimum atomic E-state index is -0.934. The number of carbonyl (C=O) groups is 2. The second-order valence-corrected chi connectivity index (χ2v) is 4.09. The van der Waals surface area contributed by atoms with Gasteiger partial charge in [0.05, 0.1) is 12.5 Å². The third-order valence-corrected chi connectivity index (χ3v) is 2.11. The second kappa shape index (κ2) is 6.64. The Morgan fingerprint density at radius 3 is 2.39 bits per heavy atom. The number of benzene rings is 1. The molecule has 0 aliphatic rings. The summed E-state index contributed by atoms with van der Waals surface area (Å²) in [4.78, 5) is 21.9. The van der Waals surface area contributed by atoms with Gasteiger partial charge in [0.1, 0.15) is 5.75 Å². The van der Waals surface area contributed by atoms with Gasteiger partial charge in [-0.15, -0.1) is 0 Å². The van der Waals surface area contributed by atoms with E-state index in [0.717, 1.165) is 0 Å². The van der Waals surface area contributed by atoms with Crippen LogP contribution >= 0.6 is 0 Å². The predicted molar refractivity (Wildman–Crippen MR) is 66.8 cm³/mol. The molecule has 0 heterocycles. The number of carboxylic acid groups (broad SMARTS) is 1. The molecule has 1 aromatic carbocycles. The van der Waals surface area contributed by atoms with Gasteiger partial charge in [-0.25, -0.2) is 0 Å². The summed E-state index contributed by atoms with van der Waals surface area (Å²) in [5, 5.41) is 11.0. The highest BCUT2D eigenvalue weighted by molar-refractivity contribution is 5.94. The van der Waals surface area contributed by atoms with E-state index < -0.39 is 5.97 Å². The minimum Gasteiger partial charge on any atom is -0.491 e. The van der Waals surface area contributed by atoms with Gasteiger partial charge in [0.2, 0.25) is 0 Å². The minimum absolute atomic E-state index is 0.0831. The highest BCUT2D eigenvalue weighted by atomic mass is 16.5. The summed E-state index contributed by atoms with van der Waals surface area (Å²) in [7, 11) is 0. The lowest BCUT2D eigenvalue weighted by Crippen LogP contribution is -2.25. The van der Waals surface area contributed by atoms with Crippen LogP contribution in [0, 0.1) is 0 Å². The first kappa shape index (κ1) is 14.0. The molecular formula is C13H17NO4. The molecule has 0 fully saturated rings. The van der Waals surface area contributed by atoms with Gasteiger partial charge in [0.15, 0.2) is 0 Å². The first-order chi connectivity index (χ1) is 8.49. The summed E-state index contributed by atoms with van der Waals surface area (Å²) in [5.41, 5.74) is 0.483. The second-order valence-electron chi connectivity index (χ2n) is 4.09. The largest absolute Gasteiger partial charge is 0.491 e. The van der Waals surface area contributed by atoms with Crippen LogP contribution in [0.4, 0.5) is 0 Å². The van der Waals surface area contributed by atoms with E-state index in [0.29, 0.717) is 11.3 Å². The van der Waals surface area contributed by atoms with E-state index in [2.05, 4.69) is 5.32 Å². The van der Waals surface area contributed by atoms with Crippen LogP contribution in [-0.4, -0.2) is 29.6 Å². The Balaban J connectivity index is 2.51. The molecule has 18 heavy (non-hydrogen) atoms. The summed E-state index contributed by atoms with van der Waals surface area (Å²) < 4.78 is 5.45. The van der Waals surface area contributed by atoms with Gasteiger partial charge in [0, 0.05) is 12.1 Å². The van der Waals surface area contributed by atoms with Gasteiger partial charge < -0.3 is 15.2 Å². The predicted octanol–water partition coefficient (Wildman–Crippen LogP) is 1.68. The van der Waals surface area contributed by atoms with Crippen molar-refractivity contribution in [3.63, 3.8) is 0 Å². The smallest absolute Gasteiger partial charge is 0.305 e. The van der Waals surface area contributed by atoms with Crippen LogP contribution in [0.1, 0.15) is 30.6 Å². The summed E-state index contributed by atoms with van der Waals surface area (Å²) in [6.07, 6.45) is 0.000507. The lowest BCUT2D eigenvalue weighted by atomic mass is 10.2. The number of hydrogen-bond acceptors (Lipinski definition) is 3. The van der Waals surface area contributed by atoms with Crippen molar-refractivity contribution < 1.29 is 19.4 Å². The third kappa shape index (κ3) is 4.86. The summed E-state index contributed by atoms with van der Waals surface area (Å²) in [6, 6.07) is 6.72. The Morgan fingerprint density at radius 2 is 1.89 bits per heavy atom. The standard InChI is InChI=1S/C13H17NO4/c1-9(2)18-11-5-3-10(4-6-11)13(17)14-8-7-12(15)16/h3-6,9H,7-8H2,1-2H3,(H,14,17)(H,15,16). The Morgan fingerprint density at radius 1 is 1.28 bits per heavy atom. The molecule has 98 valence electrons. The molecule has 0 aliphatic carbocycles. The zero-order valence-electron chi connectivity index (χ0n) is 10.5. The van der Waals surface area contributed by atoms with Gasteiger partial charge in [-0.05, 0) is 38.1 Å². The van der Waals surface area contributed by atoms with Gasteiger partial charge in [-0.1, -0.05) is 0 Å². The molecule has 1 aromatic rings. The first-order valence-corrected chi connectivity index (χ1v) is 5.75. The number of nitrogens with one attached hydrogen (secondary N) is 1.